The first-order valence-corrected chi connectivity index (χ1v) is 7.80. The third-order valence-corrected chi connectivity index (χ3v) is 5.47. The Kier molecular flexibility index (Phi) is 3.39. The molecule has 4 aliphatic rings. The minimum Gasteiger partial charge on any atom is -0.479 e. The third-order valence-electron chi connectivity index (χ3n) is 5.47. The van der Waals surface area contributed by atoms with Gasteiger partial charge in [0.25, 0.3) is 0 Å². The zero-order valence-electron chi connectivity index (χ0n) is 12.4. The van der Waals surface area contributed by atoms with Crippen LogP contribution in [0.5, 0.6) is 0 Å². The van der Waals surface area contributed by atoms with Gasteiger partial charge in [-0.3, -0.25) is 0 Å². The summed E-state index contributed by atoms with van der Waals surface area (Å²) >= 11 is 0. The number of nitrogens with one attached hydrogen (secondary N) is 2. The first-order chi connectivity index (χ1) is 9.78. The number of amides is 2. The third kappa shape index (κ3) is 2.86. The lowest BCUT2D eigenvalue weighted by atomic mass is 9.53. The first kappa shape index (κ1) is 14.6. The molecule has 0 aromatic carbocycles. The molecule has 0 saturated heterocycles. The summed E-state index contributed by atoms with van der Waals surface area (Å²) in [5.41, 5.74) is -2.03. The Bertz CT molecular complexity index is 425. The molecule has 4 aliphatic carbocycles. The second-order valence-electron chi connectivity index (χ2n) is 7.58. The maximum absolute atomic E-state index is 12.1. The van der Waals surface area contributed by atoms with Crippen molar-refractivity contribution in [2.75, 3.05) is 6.54 Å². The predicted octanol–water partition coefficient (Wildman–Crippen LogP) is 1.09. The molecule has 0 aromatic heterocycles. The zero-order valence-corrected chi connectivity index (χ0v) is 12.4. The Morgan fingerprint density at radius 1 is 1.14 bits per heavy atom. The van der Waals surface area contributed by atoms with Gasteiger partial charge in [-0.25, -0.2) is 9.59 Å². The highest BCUT2D eigenvalue weighted by Gasteiger charge is 2.51. The van der Waals surface area contributed by atoms with E-state index in [0.29, 0.717) is 0 Å². The average Bonchev–Trinajstić information content (AvgIpc) is 2.34. The Balaban J connectivity index is 1.57. The number of hydrogen-bond acceptors (Lipinski definition) is 3. The standard InChI is InChI=1S/C15H24N2O4/c1-14(21,12(18)19)8-16-13(20)17-15-5-9-2-10(6-15)4-11(3-9)7-15/h9-11,21H,2-8H2,1H3,(H,18,19)(H2,16,17,20). The van der Waals surface area contributed by atoms with Crippen LogP contribution in [-0.2, 0) is 4.79 Å². The minimum atomic E-state index is -1.93. The summed E-state index contributed by atoms with van der Waals surface area (Å²) in [6, 6.07) is -0.363. The highest BCUT2D eigenvalue weighted by molar-refractivity contribution is 5.79. The van der Waals surface area contributed by atoms with Crippen LogP contribution in [0.15, 0.2) is 0 Å². The van der Waals surface area contributed by atoms with E-state index in [1.54, 1.807) is 0 Å². The molecule has 21 heavy (non-hydrogen) atoms. The van der Waals surface area contributed by atoms with E-state index in [-0.39, 0.29) is 18.1 Å². The molecular formula is C15H24N2O4. The van der Waals surface area contributed by atoms with E-state index in [4.69, 9.17) is 5.11 Å². The number of aliphatic hydroxyl groups is 1. The van der Waals surface area contributed by atoms with E-state index in [1.165, 1.54) is 26.2 Å². The largest absolute Gasteiger partial charge is 0.479 e. The number of carbonyl (C=O) groups is 2. The van der Waals surface area contributed by atoms with Crippen LogP contribution in [0.25, 0.3) is 0 Å². The lowest BCUT2D eigenvalue weighted by Gasteiger charge is -2.56. The second-order valence-corrected chi connectivity index (χ2v) is 7.58. The van der Waals surface area contributed by atoms with Gasteiger partial charge >= 0.3 is 12.0 Å². The van der Waals surface area contributed by atoms with Crippen molar-refractivity contribution in [1.29, 1.82) is 0 Å². The average molecular weight is 296 g/mol. The molecule has 0 aromatic rings. The molecular weight excluding hydrogens is 272 g/mol. The van der Waals surface area contributed by atoms with Crippen molar-refractivity contribution < 1.29 is 19.8 Å². The molecule has 0 aliphatic heterocycles. The van der Waals surface area contributed by atoms with Crippen LogP contribution < -0.4 is 10.6 Å². The van der Waals surface area contributed by atoms with Crippen LogP contribution in [0.1, 0.15) is 45.4 Å². The lowest BCUT2D eigenvalue weighted by Crippen LogP contribution is -2.62. The van der Waals surface area contributed by atoms with Gasteiger partial charge in [-0.2, -0.15) is 0 Å². The Morgan fingerprint density at radius 2 is 1.62 bits per heavy atom. The Hall–Kier alpha value is -1.30. The predicted molar refractivity (Wildman–Crippen MR) is 75.7 cm³/mol. The Labute approximate surface area is 124 Å². The van der Waals surface area contributed by atoms with Gasteiger partial charge < -0.3 is 20.8 Å². The van der Waals surface area contributed by atoms with Crippen LogP contribution in [0.3, 0.4) is 0 Å². The van der Waals surface area contributed by atoms with E-state index in [2.05, 4.69) is 10.6 Å². The summed E-state index contributed by atoms with van der Waals surface area (Å²) in [6.07, 6.45) is 7.04. The fraction of sp³-hybridized carbons (Fsp3) is 0.867. The summed E-state index contributed by atoms with van der Waals surface area (Å²) in [7, 11) is 0. The van der Waals surface area contributed by atoms with E-state index in [9.17, 15) is 14.7 Å². The first-order valence-electron chi connectivity index (χ1n) is 7.80. The number of carboxylic acid groups (broad SMARTS) is 1. The Morgan fingerprint density at radius 3 is 2.05 bits per heavy atom. The molecule has 1 unspecified atom stereocenters. The number of carbonyl (C=O) groups excluding carboxylic acids is 1. The van der Waals surface area contributed by atoms with Crippen molar-refractivity contribution in [3.63, 3.8) is 0 Å². The molecule has 6 heteroatoms. The lowest BCUT2D eigenvalue weighted by molar-refractivity contribution is -0.155. The topological polar surface area (TPSA) is 98.7 Å². The van der Waals surface area contributed by atoms with Gasteiger partial charge in [0.15, 0.2) is 5.60 Å². The molecule has 4 saturated carbocycles. The smallest absolute Gasteiger partial charge is 0.337 e. The monoisotopic (exact) mass is 296 g/mol. The van der Waals surface area contributed by atoms with Crippen molar-refractivity contribution in [3.8, 4) is 0 Å². The van der Waals surface area contributed by atoms with Crippen molar-refractivity contribution in [1.82, 2.24) is 10.6 Å². The van der Waals surface area contributed by atoms with Gasteiger partial charge in [0.05, 0.1) is 6.54 Å². The quantitative estimate of drug-likeness (QED) is 0.624. The molecule has 0 heterocycles. The molecule has 0 radical (unpaired) electrons. The van der Waals surface area contributed by atoms with Crippen LogP contribution >= 0.6 is 0 Å². The van der Waals surface area contributed by atoms with Crippen molar-refractivity contribution in [3.05, 3.63) is 0 Å². The summed E-state index contributed by atoms with van der Waals surface area (Å²) in [5.74, 6) is 0.869. The summed E-state index contributed by atoms with van der Waals surface area (Å²) in [5, 5.41) is 24.0. The molecule has 118 valence electrons. The van der Waals surface area contributed by atoms with Crippen LogP contribution in [0.4, 0.5) is 4.79 Å². The summed E-state index contributed by atoms with van der Waals surface area (Å²) < 4.78 is 0. The number of rotatable bonds is 4. The summed E-state index contributed by atoms with van der Waals surface area (Å²) in [4.78, 5) is 22.9. The molecule has 1 atom stereocenters. The van der Waals surface area contributed by atoms with Gasteiger partial charge in [-0.05, 0) is 63.2 Å². The number of hydrogen-bond donors (Lipinski definition) is 4. The van der Waals surface area contributed by atoms with Gasteiger partial charge in [0.2, 0.25) is 0 Å². The van der Waals surface area contributed by atoms with Crippen molar-refractivity contribution in [2.45, 2.75) is 56.6 Å². The zero-order chi connectivity index (χ0) is 15.3. The van der Waals surface area contributed by atoms with E-state index in [1.807, 2.05) is 0 Å². The summed E-state index contributed by atoms with van der Waals surface area (Å²) in [6.45, 7) is 0.890. The number of carboxylic acids is 1. The fourth-order valence-electron chi connectivity index (χ4n) is 4.88. The van der Waals surface area contributed by atoms with E-state index in [0.717, 1.165) is 37.0 Å². The molecule has 6 nitrogen and oxygen atoms in total. The van der Waals surface area contributed by atoms with Gasteiger partial charge in [-0.1, -0.05) is 0 Å². The number of aliphatic carboxylic acids is 1. The maximum Gasteiger partial charge on any atom is 0.337 e. The molecule has 0 spiro atoms. The molecule has 4 N–H and O–H groups in total. The second kappa shape index (κ2) is 4.87. The van der Waals surface area contributed by atoms with Crippen LogP contribution in [0, 0.1) is 17.8 Å². The highest BCUT2D eigenvalue weighted by atomic mass is 16.4. The van der Waals surface area contributed by atoms with Crippen LogP contribution in [-0.4, -0.2) is 39.9 Å². The normalized spacial score (nSPS) is 39.6. The molecule has 4 bridgehead atoms. The molecule has 4 fully saturated rings. The van der Waals surface area contributed by atoms with Gasteiger partial charge in [0, 0.05) is 5.54 Å². The SMILES string of the molecule is CC(O)(CNC(=O)NC12CC3CC(CC(C3)C1)C2)C(=O)O. The van der Waals surface area contributed by atoms with Crippen molar-refractivity contribution in [2.24, 2.45) is 17.8 Å². The molecule has 4 rings (SSSR count). The molecule has 2 amide bonds. The van der Waals surface area contributed by atoms with E-state index >= 15 is 0 Å². The van der Waals surface area contributed by atoms with Gasteiger partial charge in [0.1, 0.15) is 0 Å². The highest BCUT2D eigenvalue weighted by Crippen LogP contribution is 2.55. The number of urea groups is 1. The van der Waals surface area contributed by atoms with Gasteiger partial charge in [-0.15, -0.1) is 0 Å². The van der Waals surface area contributed by atoms with E-state index < -0.39 is 11.6 Å². The van der Waals surface area contributed by atoms with Crippen LogP contribution in [0.2, 0.25) is 0 Å². The maximum atomic E-state index is 12.1. The minimum absolute atomic E-state index is 0.103. The fourth-order valence-corrected chi connectivity index (χ4v) is 4.88. The van der Waals surface area contributed by atoms with Crippen molar-refractivity contribution >= 4 is 12.0 Å².